The van der Waals surface area contributed by atoms with E-state index in [-0.39, 0.29) is 5.91 Å². The average Bonchev–Trinajstić information content (AvgIpc) is 3.02. The molecule has 2 aromatic carbocycles. The lowest BCUT2D eigenvalue weighted by Gasteiger charge is -2.15. The number of halogens is 1. The fourth-order valence-corrected chi connectivity index (χ4v) is 3.56. The molecule has 3 rings (SSSR count). The van der Waals surface area contributed by atoms with Gasteiger partial charge in [0.25, 0.3) is 0 Å². The Bertz CT molecular complexity index is 815. The number of ether oxygens (including phenoxy) is 1. The Kier molecular flexibility index (Phi) is 5.89. The number of hydrogen-bond acceptors (Lipinski definition) is 4. The number of nitrogens with zero attached hydrogens (tertiary/aromatic N) is 2. The first-order valence-electron chi connectivity index (χ1n) is 8.08. The normalized spacial score (nSPS) is 10.8. The summed E-state index contributed by atoms with van der Waals surface area (Å²) in [5.74, 6) is 0.860. The maximum absolute atomic E-state index is 12.2. The third kappa shape index (κ3) is 4.94. The molecule has 4 nitrogen and oxygen atoms in total. The lowest BCUT2D eigenvalue weighted by atomic mass is 10.3. The summed E-state index contributed by atoms with van der Waals surface area (Å²) in [5.41, 5.74) is 0.986. The molecule has 25 heavy (non-hydrogen) atoms. The van der Waals surface area contributed by atoms with Gasteiger partial charge in [0, 0.05) is 18.5 Å². The molecule has 130 valence electrons. The predicted octanol–water partition coefficient (Wildman–Crippen LogP) is 4.77. The zero-order valence-electron chi connectivity index (χ0n) is 13.9. The third-order valence-corrected chi connectivity index (χ3v) is 5.03. The lowest BCUT2D eigenvalue weighted by Crippen LogP contribution is -2.26. The van der Waals surface area contributed by atoms with Gasteiger partial charge < -0.3 is 9.64 Å². The number of aromatic nitrogens is 1. The molecule has 0 aliphatic heterocycles. The molecule has 0 N–H and O–H groups in total. The Labute approximate surface area is 156 Å². The van der Waals surface area contributed by atoms with Crippen molar-refractivity contribution in [1.29, 1.82) is 0 Å². The van der Waals surface area contributed by atoms with Crippen molar-refractivity contribution in [1.82, 2.24) is 9.88 Å². The molecule has 0 aliphatic rings. The summed E-state index contributed by atoms with van der Waals surface area (Å²) in [6, 6.07) is 15.2. The zero-order valence-corrected chi connectivity index (χ0v) is 15.5. The van der Waals surface area contributed by atoms with Crippen LogP contribution in [0.1, 0.15) is 17.8 Å². The van der Waals surface area contributed by atoms with E-state index < -0.39 is 0 Å². The Morgan fingerprint density at radius 1 is 1.20 bits per heavy atom. The first kappa shape index (κ1) is 17.7. The molecule has 0 saturated heterocycles. The van der Waals surface area contributed by atoms with Gasteiger partial charge in [-0.2, -0.15) is 0 Å². The van der Waals surface area contributed by atoms with Crippen molar-refractivity contribution in [3.05, 3.63) is 58.6 Å². The predicted molar refractivity (Wildman–Crippen MR) is 102 cm³/mol. The number of rotatable bonds is 7. The van der Waals surface area contributed by atoms with Crippen LogP contribution in [0.25, 0.3) is 10.2 Å². The van der Waals surface area contributed by atoms with Crippen LogP contribution in [-0.4, -0.2) is 29.4 Å². The van der Waals surface area contributed by atoms with E-state index in [9.17, 15) is 4.79 Å². The van der Waals surface area contributed by atoms with Crippen molar-refractivity contribution in [2.75, 3.05) is 13.7 Å². The van der Waals surface area contributed by atoms with Gasteiger partial charge in [0.15, 0.2) is 0 Å². The molecule has 0 aliphatic carbocycles. The van der Waals surface area contributed by atoms with Crippen LogP contribution in [-0.2, 0) is 11.3 Å². The number of para-hydroxylation sites is 1. The monoisotopic (exact) mass is 374 g/mol. The summed E-state index contributed by atoms with van der Waals surface area (Å²) in [7, 11) is 1.81. The van der Waals surface area contributed by atoms with Crippen LogP contribution in [0, 0.1) is 0 Å². The van der Waals surface area contributed by atoms with Crippen LogP contribution in [0.4, 0.5) is 0 Å². The van der Waals surface area contributed by atoms with Crippen LogP contribution in [0.15, 0.2) is 48.5 Å². The minimum atomic E-state index is 0.0963. The molecular formula is C19H19ClN2O2S. The number of benzene rings is 2. The summed E-state index contributed by atoms with van der Waals surface area (Å²) in [5, 5.41) is 1.63. The fourth-order valence-electron chi connectivity index (χ4n) is 2.41. The highest BCUT2D eigenvalue weighted by molar-refractivity contribution is 7.18. The quantitative estimate of drug-likeness (QED) is 0.559. The van der Waals surface area contributed by atoms with Crippen molar-refractivity contribution in [2.45, 2.75) is 19.4 Å². The molecule has 0 bridgehead atoms. The van der Waals surface area contributed by atoms with Crippen molar-refractivity contribution in [2.24, 2.45) is 0 Å². The van der Waals surface area contributed by atoms with Crippen molar-refractivity contribution in [3.63, 3.8) is 0 Å². The van der Waals surface area contributed by atoms with Gasteiger partial charge in [0.05, 0.1) is 23.4 Å². The van der Waals surface area contributed by atoms with E-state index >= 15 is 0 Å². The van der Waals surface area contributed by atoms with Crippen LogP contribution >= 0.6 is 22.9 Å². The number of carbonyl (C=O) groups is 1. The van der Waals surface area contributed by atoms with Gasteiger partial charge >= 0.3 is 0 Å². The maximum atomic E-state index is 12.2. The van der Waals surface area contributed by atoms with Crippen LogP contribution < -0.4 is 4.74 Å². The molecule has 3 aromatic rings. The van der Waals surface area contributed by atoms with Gasteiger partial charge in [-0.25, -0.2) is 4.98 Å². The molecule has 0 spiro atoms. The SMILES string of the molecule is CN(Cc1nc2ccccc2s1)C(=O)CCCOc1ccc(Cl)cc1. The highest BCUT2D eigenvalue weighted by atomic mass is 35.5. The van der Waals surface area contributed by atoms with E-state index in [0.717, 1.165) is 21.0 Å². The van der Waals surface area contributed by atoms with Gasteiger partial charge in [0.1, 0.15) is 10.8 Å². The highest BCUT2D eigenvalue weighted by Crippen LogP contribution is 2.22. The second kappa shape index (κ2) is 8.32. The molecule has 6 heteroatoms. The smallest absolute Gasteiger partial charge is 0.222 e. The summed E-state index contributed by atoms with van der Waals surface area (Å²) in [6.45, 7) is 1.04. The van der Waals surface area contributed by atoms with E-state index in [0.29, 0.717) is 31.0 Å². The minimum Gasteiger partial charge on any atom is -0.494 e. The second-order valence-corrected chi connectivity index (χ2v) is 7.28. The Morgan fingerprint density at radius 2 is 1.96 bits per heavy atom. The average molecular weight is 375 g/mol. The van der Waals surface area contributed by atoms with Crippen molar-refractivity contribution in [3.8, 4) is 5.75 Å². The highest BCUT2D eigenvalue weighted by Gasteiger charge is 2.12. The van der Waals surface area contributed by atoms with E-state index in [1.165, 1.54) is 0 Å². The van der Waals surface area contributed by atoms with Crippen LogP contribution in [0.5, 0.6) is 5.75 Å². The molecule has 0 saturated carbocycles. The molecule has 0 fully saturated rings. The maximum Gasteiger partial charge on any atom is 0.222 e. The van der Waals surface area contributed by atoms with Crippen LogP contribution in [0.2, 0.25) is 5.02 Å². The molecule has 1 aromatic heterocycles. The van der Waals surface area contributed by atoms with Gasteiger partial charge in [-0.15, -0.1) is 11.3 Å². The largest absolute Gasteiger partial charge is 0.494 e. The lowest BCUT2D eigenvalue weighted by molar-refractivity contribution is -0.130. The number of carbonyl (C=O) groups excluding carboxylic acids is 1. The summed E-state index contributed by atoms with van der Waals surface area (Å²) in [6.07, 6.45) is 1.13. The summed E-state index contributed by atoms with van der Waals surface area (Å²) >= 11 is 7.46. The molecular weight excluding hydrogens is 356 g/mol. The second-order valence-electron chi connectivity index (χ2n) is 5.73. The molecule has 1 amide bonds. The number of hydrogen-bond donors (Lipinski definition) is 0. The summed E-state index contributed by atoms with van der Waals surface area (Å²) in [4.78, 5) is 18.5. The molecule has 0 atom stereocenters. The van der Waals surface area contributed by atoms with Gasteiger partial charge in [-0.3, -0.25) is 4.79 Å². The van der Waals surface area contributed by atoms with Crippen molar-refractivity contribution >= 4 is 39.1 Å². The van der Waals surface area contributed by atoms with Crippen molar-refractivity contribution < 1.29 is 9.53 Å². The minimum absolute atomic E-state index is 0.0963. The van der Waals surface area contributed by atoms with E-state index in [1.807, 2.05) is 43.4 Å². The Balaban J connectivity index is 1.43. The molecule has 0 unspecified atom stereocenters. The van der Waals surface area contributed by atoms with Crippen LogP contribution in [0.3, 0.4) is 0 Å². The van der Waals surface area contributed by atoms with Gasteiger partial charge in [0.2, 0.25) is 5.91 Å². The first-order valence-corrected chi connectivity index (χ1v) is 9.28. The number of amides is 1. The number of thiazole rings is 1. The topological polar surface area (TPSA) is 42.4 Å². The van der Waals surface area contributed by atoms with Gasteiger partial charge in [-0.05, 0) is 42.8 Å². The molecule has 1 heterocycles. The Hall–Kier alpha value is -2.11. The van der Waals surface area contributed by atoms with E-state index in [4.69, 9.17) is 16.3 Å². The molecule has 0 radical (unpaired) electrons. The third-order valence-electron chi connectivity index (χ3n) is 3.75. The van der Waals surface area contributed by atoms with E-state index in [2.05, 4.69) is 4.98 Å². The van der Waals surface area contributed by atoms with E-state index in [1.54, 1.807) is 28.4 Å². The summed E-state index contributed by atoms with van der Waals surface area (Å²) < 4.78 is 6.76. The zero-order chi connectivity index (χ0) is 17.6. The Morgan fingerprint density at radius 3 is 2.72 bits per heavy atom. The number of fused-ring (bicyclic) bond motifs is 1. The standard InChI is InChI=1S/C19H19ClN2O2S/c1-22(13-18-21-16-5-2-3-6-17(16)25-18)19(23)7-4-12-24-15-10-8-14(20)9-11-15/h2-3,5-6,8-11H,4,7,12-13H2,1H3. The first-order chi connectivity index (χ1) is 12.1. The van der Waals surface area contributed by atoms with Gasteiger partial charge in [-0.1, -0.05) is 23.7 Å². The fraction of sp³-hybridized carbons (Fsp3) is 0.263.